The van der Waals surface area contributed by atoms with Gasteiger partial charge < -0.3 is 20.5 Å². The van der Waals surface area contributed by atoms with Crippen molar-refractivity contribution in [3.8, 4) is 0 Å². The van der Waals surface area contributed by atoms with Gasteiger partial charge in [-0.2, -0.15) is 0 Å². The van der Waals surface area contributed by atoms with Gasteiger partial charge in [0.25, 0.3) is 0 Å². The highest BCUT2D eigenvalue weighted by Crippen LogP contribution is 2.21. The molecule has 1 aromatic rings. The fraction of sp³-hybridized carbons (Fsp3) is 0.467. The van der Waals surface area contributed by atoms with Crippen molar-refractivity contribution >= 4 is 11.9 Å². The van der Waals surface area contributed by atoms with Gasteiger partial charge in [0.2, 0.25) is 5.91 Å². The van der Waals surface area contributed by atoms with E-state index in [2.05, 4.69) is 10.6 Å². The molecule has 1 aliphatic rings. The van der Waals surface area contributed by atoms with Crippen molar-refractivity contribution in [2.45, 2.75) is 25.0 Å². The lowest BCUT2D eigenvalue weighted by atomic mass is 9.92. The van der Waals surface area contributed by atoms with E-state index in [4.69, 9.17) is 4.74 Å². The molecule has 1 saturated heterocycles. The van der Waals surface area contributed by atoms with Crippen molar-refractivity contribution in [1.29, 1.82) is 0 Å². The number of carbonyl (C=O) groups excluding carboxylic acids is 1. The smallest absolute Gasteiger partial charge is 0.333 e. The van der Waals surface area contributed by atoms with E-state index in [0.717, 1.165) is 0 Å². The number of carboxylic acid groups (broad SMARTS) is 1. The number of carbonyl (C=O) groups is 2. The molecule has 1 fully saturated rings. The molecule has 1 atom stereocenters. The second-order valence-corrected chi connectivity index (χ2v) is 5.69. The van der Waals surface area contributed by atoms with Crippen LogP contribution in [0.4, 0.5) is 0 Å². The number of aliphatic carboxylic acids is 1. The van der Waals surface area contributed by atoms with Gasteiger partial charge in [0, 0.05) is 13.1 Å². The molecule has 1 amide bonds. The minimum atomic E-state index is -1.47. The Hall–Kier alpha value is -1.92. The maximum atomic E-state index is 12.0. The number of rotatable bonds is 6. The van der Waals surface area contributed by atoms with Gasteiger partial charge >= 0.3 is 5.97 Å². The molecule has 0 bridgehead atoms. The Morgan fingerprint density at radius 1 is 1.38 bits per heavy atom. The summed E-state index contributed by atoms with van der Waals surface area (Å²) in [4.78, 5) is 23.6. The van der Waals surface area contributed by atoms with Crippen molar-refractivity contribution in [1.82, 2.24) is 10.6 Å². The quantitative estimate of drug-likeness (QED) is 0.710. The lowest BCUT2D eigenvalue weighted by molar-refractivity contribution is -0.150. The second kappa shape index (κ2) is 5.83. The van der Waals surface area contributed by atoms with E-state index in [-0.39, 0.29) is 12.2 Å². The van der Waals surface area contributed by atoms with Crippen molar-refractivity contribution in [2.24, 2.45) is 0 Å². The molecule has 0 radical (unpaired) electrons. The van der Waals surface area contributed by atoms with Crippen molar-refractivity contribution in [3.05, 3.63) is 35.9 Å². The lowest BCUT2D eigenvalue weighted by Crippen LogP contribution is -2.60. The van der Waals surface area contributed by atoms with E-state index >= 15 is 0 Å². The number of benzene rings is 1. The molecule has 2 rings (SSSR count). The predicted molar refractivity (Wildman–Crippen MR) is 76.8 cm³/mol. The number of hydrogen-bond acceptors (Lipinski definition) is 4. The summed E-state index contributed by atoms with van der Waals surface area (Å²) in [7, 11) is 0. The SMILES string of the molecule is CC1(OCC(=O)NC(C)(C(=O)O)c2ccccc2)CNC1. The van der Waals surface area contributed by atoms with Crippen LogP contribution in [0.15, 0.2) is 30.3 Å². The third-order valence-corrected chi connectivity index (χ3v) is 3.72. The highest BCUT2D eigenvalue weighted by Gasteiger charge is 2.38. The number of hydrogen-bond donors (Lipinski definition) is 3. The maximum Gasteiger partial charge on any atom is 0.333 e. The van der Waals surface area contributed by atoms with Crippen LogP contribution in [0.1, 0.15) is 19.4 Å². The zero-order valence-electron chi connectivity index (χ0n) is 12.2. The monoisotopic (exact) mass is 292 g/mol. The van der Waals surface area contributed by atoms with Gasteiger partial charge in [0.1, 0.15) is 6.61 Å². The Labute approximate surface area is 123 Å². The minimum Gasteiger partial charge on any atom is -0.479 e. The van der Waals surface area contributed by atoms with Crippen LogP contribution in [-0.4, -0.2) is 42.3 Å². The summed E-state index contributed by atoms with van der Waals surface area (Å²) in [6, 6.07) is 8.61. The second-order valence-electron chi connectivity index (χ2n) is 5.69. The Balaban J connectivity index is 2.02. The van der Waals surface area contributed by atoms with E-state index in [9.17, 15) is 14.7 Å². The largest absolute Gasteiger partial charge is 0.479 e. The topological polar surface area (TPSA) is 87.7 Å². The van der Waals surface area contributed by atoms with Crippen LogP contribution in [0.5, 0.6) is 0 Å². The summed E-state index contributed by atoms with van der Waals surface area (Å²) in [6.45, 7) is 4.60. The molecule has 6 nitrogen and oxygen atoms in total. The molecule has 1 aromatic carbocycles. The first-order valence-corrected chi connectivity index (χ1v) is 6.80. The van der Waals surface area contributed by atoms with E-state index < -0.39 is 17.4 Å². The third kappa shape index (κ3) is 3.40. The van der Waals surface area contributed by atoms with E-state index in [0.29, 0.717) is 18.7 Å². The van der Waals surface area contributed by atoms with Gasteiger partial charge in [-0.05, 0) is 19.4 Å². The first kappa shape index (κ1) is 15.5. The third-order valence-electron chi connectivity index (χ3n) is 3.72. The number of nitrogens with one attached hydrogen (secondary N) is 2. The summed E-state index contributed by atoms with van der Waals surface area (Å²) in [5.74, 6) is -1.56. The molecular formula is C15H20N2O4. The summed E-state index contributed by atoms with van der Waals surface area (Å²) < 4.78 is 5.52. The highest BCUT2D eigenvalue weighted by molar-refractivity contribution is 5.88. The fourth-order valence-electron chi connectivity index (χ4n) is 2.15. The number of amides is 1. The first-order valence-electron chi connectivity index (χ1n) is 6.80. The van der Waals surface area contributed by atoms with Crippen molar-refractivity contribution < 1.29 is 19.4 Å². The molecular weight excluding hydrogens is 272 g/mol. The molecule has 21 heavy (non-hydrogen) atoms. The lowest BCUT2D eigenvalue weighted by Gasteiger charge is -2.39. The van der Waals surface area contributed by atoms with Crippen LogP contribution in [0.3, 0.4) is 0 Å². The highest BCUT2D eigenvalue weighted by atomic mass is 16.5. The van der Waals surface area contributed by atoms with E-state index in [1.807, 2.05) is 6.92 Å². The van der Waals surface area contributed by atoms with Crippen LogP contribution in [-0.2, 0) is 19.9 Å². The van der Waals surface area contributed by atoms with Gasteiger partial charge in [-0.1, -0.05) is 30.3 Å². The van der Waals surface area contributed by atoms with Gasteiger partial charge in [-0.15, -0.1) is 0 Å². The van der Waals surface area contributed by atoms with E-state index in [1.165, 1.54) is 6.92 Å². The summed E-state index contributed by atoms with van der Waals surface area (Å²) in [5, 5.41) is 15.1. The van der Waals surface area contributed by atoms with Crippen molar-refractivity contribution in [2.75, 3.05) is 19.7 Å². The van der Waals surface area contributed by atoms with E-state index in [1.54, 1.807) is 30.3 Å². The Morgan fingerprint density at radius 3 is 2.48 bits per heavy atom. The van der Waals surface area contributed by atoms with Gasteiger partial charge in [-0.3, -0.25) is 4.79 Å². The molecule has 6 heteroatoms. The maximum absolute atomic E-state index is 12.0. The van der Waals surface area contributed by atoms with Crippen LogP contribution >= 0.6 is 0 Å². The normalized spacial score (nSPS) is 19.1. The molecule has 0 spiro atoms. The van der Waals surface area contributed by atoms with Gasteiger partial charge in [0.05, 0.1) is 5.60 Å². The molecule has 114 valence electrons. The molecule has 0 saturated carbocycles. The first-order chi connectivity index (χ1) is 9.86. The Morgan fingerprint density at radius 2 is 2.00 bits per heavy atom. The fourth-order valence-corrected chi connectivity index (χ4v) is 2.15. The summed E-state index contributed by atoms with van der Waals surface area (Å²) >= 11 is 0. The van der Waals surface area contributed by atoms with Crippen LogP contribution in [0.25, 0.3) is 0 Å². The Bertz CT molecular complexity index is 528. The zero-order valence-corrected chi connectivity index (χ0v) is 12.2. The molecule has 0 aliphatic carbocycles. The van der Waals surface area contributed by atoms with Gasteiger partial charge in [-0.25, -0.2) is 4.79 Å². The Kier molecular flexibility index (Phi) is 4.29. The van der Waals surface area contributed by atoms with Crippen LogP contribution in [0.2, 0.25) is 0 Å². The predicted octanol–water partition coefficient (Wildman–Crippen LogP) is 0.481. The number of carboxylic acids is 1. The number of ether oxygens (including phenoxy) is 1. The molecule has 0 aromatic heterocycles. The zero-order chi connectivity index (χ0) is 15.5. The molecule has 1 heterocycles. The average Bonchev–Trinajstić information content (AvgIpc) is 2.43. The summed E-state index contributed by atoms with van der Waals surface area (Å²) in [5.41, 5.74) is -1.30. The van der Waals surface area contributed by atoms with Crippen LogP contribution < -0.4 is 10.6 Å². The molecule has 1 aliphatic heterocycles. The molecule has 1 unspecified atom stereocenters. The standard InChI is InChI=1S/C15H20N2O4/c1-14(9-16-10-14)21-8-12(18)17-15(2,13(19)20)11-6-4-3-5-7-11/h3-7,16H,8-10H2,1-2H3,(H,17,18)(H,19,20). The van der Waals surface area contributed by atoms with Crippen LogP contribution in [0, 0.1) is 0 Å². The minimum absolute atomic E-state index is 0.159. The average molecular weight is 292 g/mol. The molecule has 3 N–H and O–H groups in total. The van der Waals surface area contributed by atoms with Gasteiger partial charge in [0.15, 0.2) is 5.54 Å². The summed E-state index contributed by atoms with van der Waals surface area (Å²) in [6.07, 6.45) is 0. The van der Waals surface area contributed by atoms with Crippen molar-refractivity contribution in [3.63, 3.8) is 0 Å².